The van der Waals surface area contributed by atoms with Crippen LogP contribution in [0.2, 0.25) is 0 Å². The van der Waals surface area contributed by atoms with Crippen molar-refractivity contribution < 1.29 is 9.53 Å². The lowest BCUT2D eigenvalue weighted by atomic mass is 10.1. The molecule has 1 aliphatic rings. The Labute approximate surface area is 119 Å². The molecule has 0 saturated heterocycles. The van der Waals surface area contributed by atoms with Crippen molar-refractivity contribution in [2.45, 2.75) is 25.3 Å². The predicted octanol–water partition coefficient (Wildman–Crippen LogP) is 1.22. The molecule has 0 radical (unpaired) electrons. The Morgan fingerprint density at radius 2 is 2.30 bits per heavy atom. The van der Waals surface area contributed by atoms with Crippen LogP contribution >= 0.6 is 0 Å². The number of amides is 1. The Hall–Kier alpha value is -1.82. The van der Waals surface area contributed by atoms with Crippen molar-refractivity contribution >= 4 is 17.3 Å². The molecule has 0 aromatic carbocycles. The second kappa shape index (κ2) is 6.09. The Bertz CT molecular complexity index is 486. The molecule has 1 saturated carbocycles. The monoisotopic (exact) mass is 278 g/mol. The first-order chi connectivity index (χ1) is 9.52. The van der Waals surface area contributed by atoms with Crippen LogP contribution in [0.15, 0.2) is 12.3 Å². The third-order valence-electron chi connectivity index (χ3n) is 3.48. The highest BCUT2D eigenvalue weighted by molar-refractivity contribution is 5.96. The van der Waals surface area contributed by atoms with Gasteiger partial charge in [0.05, 0.1) is 12.8 Å². The van der Waals surface area contributed by atoms with Gasteiger partial charge in [-0.25, -0.2) is 4.98 Å². The largest absolute Gasteiger partial charge is 0.479 e. The number of aromatic nitrogens is 1. The number of carbonyl (C=O) groups is 1. The second-order valence-corrected chi connectivity index (χ2v) is 5.36. The Balaban J connectivity index is 2.12. The maximum absolute atomic E-state index is 12.1. The second-order valence-electron chi connectivity index (χ2n) is 5.36. The van der Waals surface area contributed by atoms with E-state index in [2.05, 4.69) is 10.3 Å². The van der Waals surface area contributed by atoms with E-state index in [1.807, 2.05) is 25.1 Å². The van der Waals surface area contributed by atoms with Crippen molar-refractivity contribution in [3.63, 3.8) is 0 Å². The van der Waals surface area contributed by atoms with Crippen LogP contribution in [0.3, 0.4) is 0 Å². The third-order valence-corrected chi connectivity index (χ3v) is 3.48. The first kappa shape index (κ1) is 14.6. The lowest BCUT2D eigenvalue weighted by molar-refractivity contribution is -0.116. The molecule has 3 N–H and O–H groups in total. The van der Waals surface area contributed by atoms with Gasteiger partial charge in [0.25, 0.3) is 0 Å². The van der Waals surface area contributed by atoms with Gasteiger partial charge in [-0.05, 0) is 24.8 Å². The summed E-state index contributed by atoms with van der Waals surface area (Å²) in [6.07, 6.45) is 4.25. The molecular weight excluding hydrogens is 256 g/mol. The van der Waals surface area contributed by atoms with E-state index >= 15 is 0 Å². The molecule has 1 atom stereocenters. The summed E-state index contributed by atoms with van der Waals surface area (Å²) in [5, 5.41) is 2.88. The van der Waals surface area contributed by atoms with Crippen LogP contribution in [-0.4, -0.2) is 38.1 Å². The number of pyridine rings is 1. The van der Waals surface area contributed by atoms with Crippen LogP contribution in [0.4, 0.5) is 11.4 Å². The van der Waals surface area contributed by atoms with Crippen LogP contribution < -0.4 is 20.7 Å². The minimum Gasteiger partial charge on any atom is -0.479 e. The van der Waals surface area contributed by atoms with E-state index in [1.54, 1.807) is 6.20 Å². The van der Waals surface area contributed by atoms with Gasteiger partial charge in [0.1, 0.15) is 5.69 Å². The van der Waals surface area contributed by atoms with Gasteiger partial charge in [-0.15, -0.1) is 0 Å². The van der Waals surface area contributed by atoms with E-state index < -0.39 is 0 Å². The van der Waals surface area contributed by atoms with Crippen molar-refractivity contribution in [1.82, 2.24) is 4.98 Å². The highest BCUT2D eigenvalue weighted by atomic mass is 16.5. The van der Waals surface area contributed by atoms with Gasteiger partial charge >= 0.3 is 0 Å². The molecule has 1 unspecified atom stereocenters. The zero-order chi connectivity index (χ0) is 14.7. The average molecular weight is 278 g/mol. The number of rotatable bonds is 6. The van der Waals surface area contributed by atoms with E-state index in [-0.39, 0.29) is 11.9 Å². The summed E-state index contributed by atoms with van der Waals surface area (Å²) in [4.78, 5) is 18.1. The fraction of sp³-hybridized carbons (Fsp3) is 0.571. The molecule has 2 rings (SSSR count). The number of methoxy groups -OCH3 is 1. The van der Waals surface area contributed by atoms with Gasteiger partial charge in [0.2, 0.25) is 11.8 Å². The van der Waals surface area contributed by atoms with Crippen molar-refractivity contribution in [2.24, 2.45) is 11.7 Å². The SMILES string of the molecule is COc1nccc(N(C)C)c1NC(=O)CC(N)C1CC1. The minimum atomic E-state index is -0.0983. The topological polar surface area (TPSA) is 80.5 Å². The van der Waals surface area contributed by atoms with Crippen LogP contribution in [0.25, 0.3) is 0 Å². The normalized spacial score (nSPS) is 15.6. The third kappa shape index (κ3) is 3.39. The number of nitrogens with one attached hydrogen (secondary N) is 1. The molecule has 0 spiro atoms. The molecule has 1 aromatic rings. The molecule has 1 aromatic heterocycles. The summed E-state index contributed by atoms with van der Waals surface area (Å²) in [5.74, 6) is 0.813. The van der Waals surface area contributed by atoms with Gasteiger partial charge in [0.15, 0.2) is 0 Å². The van der Waals surface area contributed by atoms with Gasteiger partial charge in [-0.2, -0.15) is 0 Å². The summed E-state index contributed by atoms with van der Waals surface area (Å²) in [6, 6.07) is 1.78. The van der Waals surface area contributed by atoms with Crippen molar-refractivity contribution in [3.05, 3.63) is 12.3 Å². The molecule has 20 heavy (non-hydrogen) atoms. The lowest BCUT2D eigenvalue weighted by Crippen LogP contribution is -2.29. The number of carbonyl (C=O) groups excluding carboxylic acids is 1. The Morgan fingerprint density at radius 3 is 2.85 bits per heavy atom. The number of anilines is 2. The van der Waals surface area contributed by atoms with Gasteiger partial charge < -0.3 is 20.7 Å². The van der Waals surface area contributed by atoms with Crippen molar-refractivity contribution in [2.75, 3.05) is 31.4 Å². The molecule has 1 heterocycles. The zero-order valence-electron chi connectivity index (χ0n) is 12.2. The van der Waals surface area contributed by atoms with Crippen LogP contribution in [0, 0.1) is 5.92 Å². The summed E-state index contributed by atoms with van der Waals surface area (Å²) in [7, 11) is 5.34. The van der Waals surface area contributed by atoms with Crippen molar-refractivity contribution in [3.8, 4) is 5.88 Å². The first-order valence-electron chi connectivity index (χ1n) is 6.78. The summed E-state index contributed by atoms with van der Waals surface area (Å²) >= 11 is 0. The number of ether oxygens (including phenoxy) is 1. The maximum Gasteiger partial charge on any atom is 0.239 e. The molecule has 0 aliphatic heterocycles. The Kier molecular flexibility index (Phi) is 4.44. The number of hydrogen-bond acceptors (Lipinski definition) is 5. The number of nitrogens with zero attached hydrogens (tertiary/aromatic N) is 2. The number of nitrogens with two attached hydrogens (primary N) is 1. The standard InChI is InChI=1S/C14H22N4O2/c1-18(2)11-6-7-16-14(20-3)13(11)17-12(19)8-10(15)9-4-5-9/h6-7,9-10H,4-5,8,15H2,1-3H3,(H,17,19). The maximum atomic E-state index is 12.1. The summed E-state index contributed by atoms with van der Waals surface area (Å²) < 4.78 is 5.22. The average Bonchev–Trinajstić information content (AvgIpc) is 3.22. The van der Waals surface area contributed by atoms with E-state index in [0.717, 1.165) is 18.5 Å². The summed E-state index contributed by atoms with van der Waals surface area (Å²) in [5.41, 5.74) is 7.43. The molecule has 0 bridgehead atoms. The minimum absolute atomic E-state index is 0.0551. The molecule has 6 nitrogen and oxygen atoms in total. The molecule has 1 aliphatic carbocycles. The number of hydrogen-bond donors (Lipinski definition) is 2. The molecule has 110 valence electrons. The zero-order valence-corrected chi connectivity index (χ0v) is 12.2. The highest BCUT2D eigenvalue weighted by Crippen LogP contribution is 2.34. The van der Waals surface area contributed by atoms with Crippen LogP contribution in [-0.2, 0) is 4.79 Å². The molecule has 1 fully saturated rings. The lowest BCUT2D eigenvalue weighted by Gasteiger charge is -2.20. The van der Waals surface area contributed by atoms with Crippen LogP contribution in [0.5, 0.6) is 5.88 Å². The van der Waals surface area contributed by atoms with Gasteiger partial charge in [0, 0.05) is 32.8 Å². The smallest absolute Gasteiger partial charge is 0.239 e. The fourth-order valence-corrected chi connectivity index (χ4v) is 2.17. The molecule has 1 amide bonds. The predicted molar refractivity (Wildman–Crippen MR) is 79.1 cm³/mol. The van der Waals surface area contributed by atoms with Crippen LogP contribution in [0.1, 0.15) is 19.3 Å². The van der Waals surface area contributed by atoms with Gasteiger partial charge in [-0.1, -0.05) is 0 Å². The van der Waals surface area contributed by atoms with E-state index in [4.69, 9.17) is 10.5 Å². The first-order valence-corrected chi connectivity index (χ1v) is 6.78. The summed E-state index contributed by atoms with van der Waals surface area (Å²) in [6.45, 7) is 0. The quantitative estimate of drug-likeness (QED) is 0.818. The van der Waals surface area contributed by atoms with E-state index in [0.29, 0.717) is 23.9 Å². The Morgan fingerprint density at radius 1 is 1.60 bits per heavy atom. The highest BCUT2D eigenvalue weighted by Gasteiger charge is 2.30. The molecule has 6 heteroatoms. The van der Waals surface area contributed by atoms with E-state index in [1.165, 1.54) is 7.11 Å². The van der Waals surface area contributed by atoms with E-state index in [9.17, 15) is 4.79 Å². The van der Waals surface area contributed by atoms with Gasteiger partial charge in [-0.3, -0.25) is 4.79 Å². The van der Waals surface area contributed by atoms with Crippen molar-refractivity contribution in [1.29, 1.82) is 0 Å². The fourth-order valence-electron chi connectivity index (χ4n) is 2.17. The molecular formula is C14H22N4O2.